The van der Waals surface area contributed by atoms with Gasteiger partial charge in [-0.3, -0.25) is 0 Å². The van der Waals surface area contributed by atoms with Gasteiger partial charge in [0.15, 0.2) is 5.79 Å². The van der Waals surface area contributed by atoms with Crippen molar-refractivity contribution in [1.82, 2.24) is 0 Å². The Morgan fingerprint density at radius 3 is 1.96 bits per heavy atom. The maximum Gasteiger partial charge on any atom is 0.166 e. The molecule has 1 rings (SSSR count). The Morgan fingerprint density at radius 2 is 1.40 bits per heavy atom. The Morgan fingerprint density at radius 1 is 0.840 bits per heavy atom. The van der Waals surface area contributed by atoms with Gasteiger partial charge in [0.2, 0.25) is 0 Å². The minimum absolute atomic E-state index is 0.0699. The fourth-order valence-corrected chi connectivity index (χ4v) is 3.22. The van der Waals surface area contributed by atoms with Crippen LogP contribution < -0.4 is 0 Å². The standard InChI is InChI=1S/C23H40O2/c1-19(2)11-8-12-20(3)13-9-14-21(4)15-10-16-23(7)24-18-17-22(5,6)25-23/h11,13,15H,8-10,12,14,16-18H2,1-7H3/b20-13-,21-15-. The highest BCUT2D eigenvalue weighted by Gasteiger charge is 2.37. The molecule has 1 atom stereocenters. The Hall–Kier alpha value is -0.860. The van der Waals surface area contributed by atoms with E-state index in [0.717, 1.165) is 45.1 Å². The lowest BCUT2D eigenvalue weighted by atomic mass is 10.0. The summed E-state index contributed by atoms with van der Waals surface area (Å²) < 4.78 is 12.0. The monoisotopic (exact) mass is 348 g/mol. The summed E-state index contributed by atoms with van der Waals surface area (Å²) in [5, 5.41) is 0. The Bertz CT molecular complexity index is 492. The topological polar surface area (TPSA) is 18.5 Å². The quantitative estimate of drug-likeness (QED) is 0.413. The van der Waals surface area contributed by atoms with Gasteiger partial charge in [-0.2, -0.15) is 0 Å². The molecule has 2 nitrogen and oxygen atoms in total. The molecule has 0 amide bonds. The zero-order chi connectivity index (χ0) is 18.9. The number of hydrogen-bond acceptors (Lipinski definition) is 2. The Labute approximate surface area is 156 Å². The summed E-state index contributed by atoms with van der Waals surface area (Å²) in [6, 6.07) is 0. The van der Waals surface area contributed by atoms with E-state index in [9.17, 15) is 0 Å². The number of ether oxygens (including phenoxy) is 2. The molecule has 0 saturated carbocycles. The van der Waals surface area contributed by atoms with Crippen molar-refractivity contribution < 1.29 is 9.47 Å². The highest BCUT2D eigenvalue weighted by molar-refractivity contribution is 5.05. The van der Waals surface area contributed by atoms with Crippen LogP contribution in [0.2, 0.25) is 0 Å². The van der Waals surface area contributed by atoms with E-state index in [1.807, 2.05) is 0 Å². The second kappa shape index (κ2) is 10.3. The van der Waals surface area contributed by atoms with Crippen LogP contribution in [-0.4, -0.2) is 18.0 Å². The van der Waals surface area contributed by atoms with Crippen molar-refractivity contribution in [2.24, 2.45) is 0 Å². The van der Waals surface area contributed by atoms with Crippen molar-refractivity contribution in [2.45, 2.75) is 105 Å². The lowest BCUT2D eigenvalue weighted by Gasteiger charge is -2.43. The predicted molar refractivity (Wildman–Crippen MR) is 109 cm³/mol. The van der Waals surface area contributed by atoms with Crippen LogP contribution in [0.1, 0.15) is 93.4 Å². The van der Waals surface area contributed by atoms with Crippen LogP contribution in [0.25, 0.3) is 0 Å². The van der Waals surface area contributed by atoms with Crippen LogP contribution in [0.15, 0.2) is 34.9 Å². The van der Waals surface area contributed by atoms with E-state index in [0.29, 0.717) is 0 Å². The molecule has 0 aliphatic carbocycles. The summed E-state index contributed by atoms with van der Waals surface area (Å²) in [6.45, 7) is 16.0. The molecule has 0 aromatic heterocycles. The van der Waals surface area contributed by atoms with Crippen LogP contribution in [0.4, 0.5) is 0 Å². The summed E-state index contributed by atoms with van der Waals surface area (Å²) in [7, 11) is 0. The van der Waals surface area contributed by atoms with Crippen molar-refractivity contribution in [3.63, 3.8) is 0 Å². The average molecular weight is 349 g/mol. The molecule has 2 heteroatoms. The van der Waals surface area contributed by atoms with Crippen molar-refractivity contribution in [3.8, 4) is 0 Å². The molecule has 0 aromatic carbocycles. The SMILES string of the molecule is CC(C)=CCC/C(C)=C\CC/C(C)=C\CCC1(C)OCCC(C)(C)O1. The van der Waals surface area contributed by atoms with Crippen LogP contribution in [0.3, 0.4) is 0 Å². The molecule has 144 valence electrons. The third kappa shape index (κ3) is 10.0. The smallest absolute Gasteiger partial charge is 0.166 e. The average Bonchev–Trinajstić information content (AvgIpc) is 2.45. The van der Waals surface area contributed by atoms with Gasteiger partial charge in [-0.15, -0.1) is 0 Å². The van der Waals surface area contributed by atoms with Crippen molar-refractivity contribution in [1.29, 1.82) is 0 Å². The van der Waals surface area contributed by atoms with Gasteiger partial charge in [-0.05, 0) is 87.0 Å². The highest BCUT2D eigenvalue weighted by Crippen LogP contribution is 2.33. The van der Waals surface area contributed by atoms with E-state index in [-0.39, 0.29) is 5.60 Å². The molecule has 1 aliphatic heterocycles. The third-order valence-electron chi connectivity index (χ3n) is 4.82. The molecule has 1 fully saturated rings. The molecule has 1 unspecified atom stereocenters. The van der Waals surface area contributed by atoms with Gasteiger partial charge >= 0.3 is 0 Å². The predicted octanol–water partition coefficient (Wildman–Crippen LogP) is 7.12. The second-order valence-electron chi connectivity index (χ2n) is 8.59. The van der Waals surface area contributed by atoms with Crippen molar-refractivity contribution in [3.05, 3.63) is 34.9 Å². The van der Waals surface area contributed by atoms with Crippen LogP contribution >= 0.6 is 0 Å². The van der Waals surface area contributed by atoms with Crippen molar-refractivity contribution in [2.75, 3.05) is 6.61 Å². The van der Waals surface area contributed by atoms with E-state index in [1.165, 1.54) is 23.1 Å². The lowest BCUT2D eigenvalue weighted by molar-refractivity contribution is -0.312. The van der Waals surface area contributed by atoms with E-state index in [4.69, 9.17) is 9.47 Å². The molecule has 1 aliphatic rings. The molecule has 1 saturated heterocycles. The van der Waals surface area contributed by atoms with E-state index in [2.05, 4.69) is 66.7 Å². The van der Waals surface area contributed by atoms with Crippen molar-refractivity contribution >= 4 is 0 Å². The van der Waals surface area contributed by atoms with E-state index in [1.54, 1.807) is 0 Å². The summed E-state index contributed by atoms with van der Waals surface area (Å²) in [5.41, 5.74) is 4.31. The molecule has 1 heterocycles. The molecular formula is C23H40O2. The first-order chi connectivity index (χ1) is 11.6. The maximum atomic E-state index is 6.14. The molecule has 0 aromatic rings. The van der Waals surface area contributed by atoms with Crippen LogP contribution in [0.5, 0.6) is 0 Å². The first-order valence-corrected chi connectivity index (χ1v) is 9.91. The second-order valence-corrected chi connectivity index (χ2v) is 8.59. The largest absolute Gasteiger partial charge is 0.350 e. The van der Waals surface area contributed by atoms with E-state index >= 15 is 0 Å². The Kier molecular flexibility index (Phi) is 9.16. The summed E-state index contributed by atoms with van der Waals surface area (Å²) in [6.07, 6.45) is 14.6. The summed E-state index contributed by atoms with van der Waals surface area (Å²) >= 11 is 0. The van der Waals surface area contributed by atoms with Crippen LogP contribution in [-0.2, 0) is 9.47 Å². The Balaban J connectivity index is 2.30. The van der Waals surface area contributed by atoms with Crippen LogP contribution in [0, 0.1) is 0 Å². The number of hydrogen-bond donors (Lipinski definition) is 0. The molecule has 0 bridgehead atoms. The van der Waals surface area contributed by atoms with Gasteiger partial charge in [0, 0.05) is 6.42 Å². The van der Waals surface area contributed by atoms with Gasteiger partial charge < -0.3 is 9.47 Å². The molecule has 0 radical (unpaired) electrons. The minimum atomic E-state index is -0.431. The third-order valence-corrected chi connectivity index (χ3v) is 4.82. The van der Waals surface area contributed by atoms with Gasteiger partial charge in [0.1, 0.15) is 0 Å². The summed E-state index contributed by atoms with van der Waals surface area (Å²) in [4.78, 5) is 0. The first-order valence-electron chi connectivity index (χ1n) is 9.91. The highest BCUT2D eigenvalue weighted by atomic mass is 16.7. The zero-order valence-corrected chi connectivity index (χ0v) is 17.7. The van der Waals surface area contributed by atoms with Gasteiger partial charge in [0.25, 0.3) is 0 Å². The fraction of sp³-hybridized carbons (Fsp3) is 0.739. The zero-order valence-electron chi connectivity index (χ0n) is 17.7. The van der Waals surface area contributed by atoms with Gasteiger partial charge in [-0.1, -0.05) is 34.9 Å². The molecule has 0 N–H and O–H groups in total. The normalized spacial score (nSPS) is 24.3. The summed E-state index contributed by atoms with van der Waals surface area (Å²) in [5.74, 6) is -0.431. The number of rotatable bonds is 9. The molecular weight excluding hydrogens is 308 g/mol. The van der Waals surface area contributed by atoms with Gasteiger partial charge in [0.05, 0.1) is 12.2 Å². The minimum Gasteiger partial charge on any atom is -0.350 e. The van der Waals surface area contributed by atoms with Gasteiger partial charge in [-0.25, -0.2) is 0 Å². The first kappa shape index (κ1) is 22.2. The molecule has 25 heavy (non-hydrogen) atoms. The number of allylic oxidation sites excluding steroid dienone is 6. The molecule has 0 spiro atoms. The van der Waals surface area contributed by atoms with E-state index < -0.39 is 5.79 Å². The maximum absolute atomic E-state index is 6.14. The fourth-order valence-electron chi connectivity index (χ4n) is 3.22. The lowest BCUT2D eigenvalue weighted by Crippen LogP contribution is -2.47.